The smallest absolute Gasteiger partial charge is 0.262 e. The Morgan fingerprint density at radius 2 is 2.13 bits per heavy atom. The fraction of sp³-hybridized carbons (Fsp3) is 0.500. The maximum Gasteiger partial charge on any atom is 0.262 e. The largest absolute Gasteiger partial charge is 0.328 e. The summed E-state index contributed by atoms with van der Waals surface area (Å²) in [6, 6.07) is 1.89. The number of halogens is 1. The SMILES string of the molecule is O=c1[nH]cc(CN2CCNCC2)cc1Br. The lowest BCUT2D eigenvalue weighted by molar-refractivity contribution is 0.233. The van der Waals surface area contributed by atoms with Gasteiger partial charge < -0.3 is 10.3 Å². The molecule has 0 aliphatic carbocycles. The Labute approximate surface area is 96.8 Å². The summed E-state index contributed by atoms with van der Waals surface area (Å²) >= 11 is 3.24. The average Bonchev–Trinajstić information content (AvgIpc) is 2.25. The van der Waals surface area contributed by atoms with E-state index in [1.807, 2.05) is 6.07 Å². The van der Waals surface area contributed by atoms with Gasteiger partial charge in [0.25, 0.3) is 5.56 Å². The number of rotatable bonds is 2. The fourth-order valence-electron chi connectivity index (χ4n) is 1.72. The van der Waals surface area contributed by atoms with E-state index in [1.165, 1.54) is 0 Å². The number of pyridine rings is 1. The van der Waals surface area contributed by atoms with Gasteiger partial charge in [0, 0.05) is 38.9 Å². The van der Waals surface area contributed by atoms with Gasteiger partial charge in [0.05, 0.1) is 4.47 Å². The molecule has 0 radical (unpaired) electrons. The maximum atomic E-state index is 11.1. The van der Waals surface area contributed by atoms with Crippen molar-refractivity contribution in [2.24, 2.45) is 0 Å². The number of nitrogens with one attached hydrogen (secondary N) is 2. The molecule has 0 atom stereocenters. The summed E-state index contributed by atoms with van der Waals surface area (Å²) in [6.07, 6.45) is 1.79. The highest BCUT2D eigenvalue weighted by atomic mass is 79.9. The summed E-state index contributed by atoms with van der Waals surface area (Å²) in [6.45, 7) is 5.12. The van der Waals surface area contributed by atoms with Crippen LogP contribution < -0.4 is 10.9 Å². The molecule has 1 saturated heterocycles. The van der Waals surface area contributed by atoms with Crippen molar-refractivity contribution in [3.63, 3.8) is 0 Å². The summed E-state index contributed by atoms with van der Waals surface area (Å²) in [5.74, 6) is 0. The maximum absolute atomic E-state index is 11.1. The highest BCUT2D eigenvalue weighted by Crippen LogP contribution is 2.08. The molecule has 4 nitrogen and oxygen atoms in total. The zero-order valence-electron chi connectivity index (χ0n) is 8.42. The van der Waals surface area contributed by atoms with E-state index in [4.69, 9.17) is 0 Å². The van der Waals surface area contributed by atoms with Crippen LogP contribution in [0.15, 0.2) is 21.5 Å². The highest BCUT2D eigenvalue weighted by molar-refractivity contribution is 9.10. The molecular formula is C10H14BrN3O. The van der Waals surface area contributed by atoms with Crippen LogP contribution in [0.3, 0.4) is 0 Å². The van der Waals surface area contributed by atoms with Gasteiger partial charge in [0.2, 0.25) is 0 Å². The number of hydrogen-bond acceptors (Lipinski definition) is 3. The third kappa shape index (κ3) is 2.90. The van der Waals surface area contributed by atoms with E-state index in [0.29, 0.717) is 4.47 Å². The first-order valence-corrected chi connectivity index (χ1v) is 5.85. The van der Waals surface area contributed by atoms with Gasteiger partial charge in [-0.2, -0.15) is 0 Å². The van der Waals surface area contributed by atoms with E-state index >= 15 is 0 Å². The minimum atomic E-state index is -0.0703. The third-order valence-electron chi connectivity index (χ3n) is 2.53. The van der Waals surface area contributed by atoms with Crippen molar-refractivity contribution >= 4 is 15.9 Å². The van der Waals surface area contributed by atoms with Crippen LogP contribution in [0.2, 0.25) is 0 Å². The van der Waals surface area contributed by atoms with E-state index in [-0.39, 0.29) is 5.56 Å². The molecule has 15 heavy (non-hydrogen) atoms. The van der Waals surface area contributed by atoms with Gasteiger partial charge in [0.1, 0.15) is 0 Å². The molecule has 0 saturated carbocycles. The molecule has 0 amide bonds. The van der Waals surface area contributed by atoms with E-state index < -0.39 is 0 Å². The molecule has 1 fully saturated rings. The predicted molar refractivity (Wildman–Crippen MR) is 62.9 cm³/mol. The molecule has 1 aliphatic rings. The first kappa shape index (κ1) is 10.9. The first-order valence-electron chi connectivity index (χ1n) is 5.06. The Bertz CT molecular complexity index is 384. The molecule has 1 aliphatic heterocycles. The monoisotopic (exact) mass is 271 g/mol. The molecule has 2 rings (SSSR count). The van der Waals surface area contributed by atoms with Crippen LogP contribution in [-0.4, -0.2) is 36.1 Å². The highest BCUT2D eigenvalue weighted by Gasteiger charge is 2.10. The topological polar surface area (TPSA) is 48.1 Å². The van der Waals surface area contributed by atoms with E-state index in [0.717, 1.165) is 38.3 Å². The van der Waals surface area contributed by atoms with Crippen molar-refractivity contribution in [1.29, 1.82) is 0 Å². The van der Waals surface area contributed by atoms with E-state index in [9.17, 15) is 4.79 Å². The number of piperazine rings is 1. The van der Waals surface area contributed by atoms with Crippen molar-refractivity contribution in [2.75, 3.05) is 26.2 Å². The molecule has 2 heterocycles. The molecule has 5 heteroatoms. The molecule has 1 aromatic rings. The van der Waals surface area contributed by atoms with Gasteiger partial charge in [-0.3, -0.25) is 9.69 Å². The van der Waals surface area contributed by atoms with Gasteiger partial charge in [-0.05, 0) is 27.6 Å². The summed E-state index contributed by atoms with van der Waals surface area (Å²) in [7, 11) is 0. The summed E-state index contributed by atoms with van der Waals surface area (Å²) in [4.78, 5) is 16.2. The minimum Gasteiger partial charge on any atom is -0.328 e. The second-order valence-electron chi connectivity index (χ2n) is 3.71. The number of aromatic amines is 1. The van der Waals surface area contributed by atoms with Crippen LogP contribution >= 0.6 is 15.9 Å². The van der Waals surface area contributed by atoms with Crippen LogP contribution in [0.4, 0.5) is 0 Å². The third-order valence-corrected chi connectivity index (χ3v) is 3.12. The number of aromatic nitrogens is 1. The van der Waals surface area contributed by atoms with E-state index in [2.05, 4.69) is 31.1 Å². The standard InChI is InChI=1S/C10H14BrN3O/c11-9-5-8(6-13-10(9)15)7-14-3-1-12-2-4-14/h5-6,12H,1-4,7H2,(H,13,15). The Kier molecular flexibility index (Phi) is 3.56. The molecule has 0 bridgehead atoms. The van der Waals surface area contributed by atoms with Crippen molar-refractivity contribution < 1.29 is 0 Å². The zero-order chi connectivity index (χ0) is 10.7. The molecule has 2 N–H and O–H groups in total. The molecule has 1 aromatic heterocycles. The lowest BCUT2D eigenvalue weighted by Crippen LogP contribution is -2.42. The van der Waals surface area contributed by atoms with Crippen LogP contribution in [0.1, 0.15) is 5.56 Å². The summed E-state index contributed by atoms with van der Waals surface area (Å²) in [5.41, 5.74) is 1.07. The molecule has 0 spiro atoms. The van der Waals surface area contributed by atoms with E-state index in [1.54, 1.807) is 6.20 Å². The zero-order valence-corrected chi connectivity index (χ0v) is 10.0. The van der Waals surface area contributed by atoms with Gasteiger partial charge in [-0.1, -0.05) is 0 Å². The predicted octanol–water partition coefficient (Wildman–Crippen LogP) is 0.543. The van der Waals surface area contributed by atoms with Crippen molar-refractivity contribution in [2.45, 2.75) is 6.54 Å². The number of hydrogen-bond donors (Lipinski definition) is 2. The van der Waals surface area contributed by atoms with Crippen LogP contribution in [-0.2, 0) is 6.54 Å². The van der Waals surface area contributed by atoms with Crippen molar-refractivity contribution in [3.05, 3.63) is 32.7 Å². The van der Waals surface area contributed by atoms with Crippen molar-refractivity contribution in [1.82, 2.24) is 15.2 Å². The Morgan fingerprint density at radius 1 is 1.40 bits per heavy atom. The second-order valence-corrected chi connectivity index (χ2v) is 4.57. The fourth-order valence-corrected chi connectivity index (χ4v) is 2.12. The molecular weight excluding hydrogens is 258 g/mol. The normalized spacial score (nSPS) is 17.9. The van der Waals surface area contributed by atoms with Gasteiger partial charge in [0.15, 0.2) is 0 Å². The van der Waals surface area contributed by atoms with Crippen LogP contribution in [0, 0.1) is 0 Å². The van der Waals surface area contributed by atoms with Crippen LogP contribution in [0.5, 0.6) is 0 Å². The number of H-pyrrole nitrogens is 1. The lowest BCUT2D eigenvalue weighted by Gasteiger charge is -2.27. The summed E-state index contributed by atoms with van der Waals surface area (Å²) < 4.78 is 0.607. The van der Waals surface area contributed by atoms with Crippen molar-refractivity contribution in [3.8, 4) is 0 Å². The quantitative estimate of drug-likeness (QED) is 0.826. The first-order chi connectivity index (χ1) is 7.25. The molecule has 0 unspecified atom stereocenters. The van der Waals surface area contributed by atoms with Gasteiger partial charge >= 0.3 is 0 Å². The number of nitrogens with zero attached hydrogens (tertiary/aromatic N) is 1. The second kappa shape index (κ2) is 4.92. The Morgan fingerprint density at radius 3 is 2.80 bits per heavy atom. The average molecular weight is 272 g/mol. The Hall–Kier alpha value is -0.650. The van der Waals surface area contributed by atoms with Crippen LogP contribution in [0.25, 0.3) is 0 Å². The Balaban J connectivity index is 2.03. The summed E-state index contributed by atoms with van der Waals surface area (Å²) in [5, 5.41) is 3.31. The lowest BCUT2D eigenvalue weighted by atomic mass is 10.2. The van der Waals surface area contributed by atoms with Gasteiger partial charge in [-0.15, -0.1) is 0 Å². The van der Waals surface area contributed by atoms with Gasteiger partial charge in [-0.25, -0.2) is 0 Å². The minimum absolute atomic E-state index is 0.0703. The molecule has 0 aromatic carbocycles. The molecule has 82 valence electrons.